The first-order valence-electron chi connectivity index (χ1n) is 11.7. The van der Waals surface area contributed by atoms with Crippen LogP contribution in [-0.4, -0.2) is 78.8 Å². The molecule has 2 atom stereocenters. The molecule has 11 nitrogen and oxygen atoms in total. The number of anilines is 1. The summed E-state index contributed by atoms with van der Waals surface area (Å²) in [6.07, 6.45) is 4.52. The third-order valence-electron chi connectivity index (χ3n) is 6.55. The van der Waals surface area contributed by atoms with Gasteiger partial charge in [0.05, 0.1) is 34.3 Å². The number of carbonyl (C=O) groups excluding carboxylic acids is 2. The summed E-state index contributed by atoms with van der Waals surface area (Å²) in [5.74, 6) is 0.315. The lowest BCUT2D eigenvalue weighted by atomic mass is 10.1. The molecule has 0 spiro atoms. The van der Waals surface area contributed by atoms with E-state index in [-0.39, 0.29) is 30.7 Å². The van der Waals surface area contributed by atoms with Gasteiger partial charge < -0.3 is 25.7 Å². The highest BCUT2D eigenvalue weighted by Gasteiger charge is 2.30. The number of aromatic nitrogens is 3. The van der Waals surface area contributed by atoms with E-state index >= 15 is 0 Å². The van der Waals surface area contributed by atoms with Crippen LogP contribution < -0.4 is 10.6 Å². The number of carbonyl (C=O) groups is 2. The molecule has 182 valence electrons. The van der Waals surface area contributed by atoms with Crippen molar-refractivity contribution >= 4 is 40.3 Å². The van der Waals surface area contributed by atoms with E-state index < -0.39 is 12.3 Å². The zero-order valence-corrected chi connectivity index (χ0v) is 19.7. The number of hydrogen-bond donors (Lipinski definition) is 4. The largest absolute Gasteiger partial charge is 0.394 e. The van der Waals surface area contributed by atoms with Crippen molar-refractivity contribution in [3.63, 3.8) is 0 Å². The minimum absolute atomic E-state index is 0.0251. The lowest BCUT2D eigenvalue weighted by molar-refractivity contribution is -0.116. The van der Waals surface area contributed by atoms with Gasteiger partial charge in [-0.1, -0.05) is 0 Å². The predicted molar refractivity (Wildman–Crippen MR) is 129 cm³/mol. The number of likely N-dealkylation sites (tertiary alicyclic amines) is 1. The molecule has 0 bridgehead atoms. The minimum atomic E-state index is -1.22. The smallest absolute Gasteiger partial charge is 0.269 e. The Morgan fingerprint density at radius 1 is 1.29 bits per heavy atom. The third-order valence-corrected chi connectivity index (χ3v) is 7.65. The lowest BCUT2D eigenvalue weighted by Crippen LogP contribution is -2.37. The van der Waals surface area contributed by atoms with Crippen molar-refractivity contribution in [2.75, 3.05) is 18.5 Å². The molecule has 6 rings (SSSR count). The fourth-order valence-electron chi connectivity index (χ4n) is 4.57. The summed E-state index contributed by atoms with van der Waals surface area (Å²) in [4.78, 5) is 37.1. The van der Waals surface area contributed by atoms with Gasteiger partial charge in [-0.3, -0.25) is 9.59 Å². The van der Waals surface area contributed by atoms with Crippen LogP contribution in [0.3, 0.4) is 0 Å². The van der Waals surface area contributed by atoms with Crippen LogP contribution in [0.25, 0.3) is 16.2 Å². The molecule has 2 aliphatic heterocycles. The Bertz CT molecular complexity index is 1340. The number of rotatable bonds is 7. The van der Waals surface area contributed by atoms with Crippen LogP contribution in [0.1, 0.15) is 40.9 Å². The van der Waals surface area contributed by atoms with Crippen molar-refractivity contribution in [1.82, 2.24) is 24.8 Å². The summed E-state index contributed by atoms with van der Waals surface area (Å²) in [6, 6.07) is 5.89. The second kappa shape index (κ2) is 8.70. The second-order valence-electron chi connectivity index (χ2n) is 9.09. The topological polar surface area (TPSA) is 144 Å². The Kier molecular flexibility index (Phi) is 5.50. The monoisotopic (exact) mass is 495 g/mol. The Hall–Kier alpha value is -3.35. The molecule has 3 aromatic rings. The van der Waals surface area contributed by atoms with E-state index in [0.29, 0.717) is 34.4 Å². The summed E-state index contributed by atoms with van der Waals surface area (Å²) < 4.78 is 1.72. The number of fused-ring (bicyclic) bond motifs is 1. The fourth-order valence-corrected chi connectivity index (χ4v) is 5.49. The number of thiophene rings is 1. The summed E-state index contributed by atoms with van der Waals surface area (Å²) in [6.45, 7) is 0.630. The summed E-state index contributed by atoms with van der Waals surface area (Å²) in [7, 11) is 0. The summed E-state index contributed by atoms with van der Waals surface area (Å²) in [5, 5.41) is 29.5. The molecule has 2 amide bonds. The average molecular weight is 496 g/mol. The highest BCUT2D eigenvalue weighted by molar-refractivity contribution is 7.17. The maximum Gasteiger partial charge on any atom is 0.269 e. The maximum atomic E-state index is 13.1. The first-order chi connectivity index (χ1) is 17.0. The molecule has 1 aliphatic carbocycles. The molecular formula is C23H25N7O4S. The van der Waals surface area contributed by atoms with Gasteiger partial charge in [0.2, 0.25) is 6.35 Å². The van der Waals surface area contributed by atoms with Gasteiger partial charge in [0.15, 0.2) is 5.65 Å². The zero-order chi connectivity index (χ0) is 24.1. The number of hydrogen-bond acceptors (Lipinski definition) is 9. The second-order valence-corrected chi connectivity index (χ2v) is 10.2. The lowest BCUT2D eigenvalue weighted by Gasteiger charge is -2.22. The number of nitrogens with zero attached hydrogens (tertiary/aromatic N) is 5. The number of nitrogens with one attached hydrogen (secondary N) is 2. The Morgan fingerprint density at radius 3 is 2.89 bits per heavy atom. The summed E-state index contributed by atoms with van der Waals surface area (Å²) in [5.41, 5.74) is 2.22. The third kappa shape index (κ3) is 4.17. The van der Waals surface area contributed by atoms with Crippen molar-refractivity contribution in [3.8, 4) is 10.6 Å². The molecule has 2 unspecified atom stereocenters. The van der Waals surface area contributed by atoms with E-state index in [1.54, 1.807) is 15.6 Å². The van der Waals surface area contributed by atoms with Crippen molar-refractivity contribution in [3.05, 3.63) is 34.8 Å². The van der Waals surface area contributed by atoms with E-state index in [0.717, 1.165) is 36.4 Å². The average Bonchev–Trinajstić information content (AvgIpc) is 3.24. The van der Waals surface area contributed by atoms with Crippen molar-refractivity contribution < 1.29 is 19.8 Å². The molecule has 5 heterocycles. The molecule has 1 saturated heterocycles. The van der Waals surface area contributed by atoms with Crippen LogP contribution >= 0.6 is 11.3 Å². The van der Waals surface area contributed by atoms with E-state index in [2.05, 4.69) is 20.7 Å². The molecule has 12 heteroatoms. The van der Waals surface area contributed by atoms with Crippen LogP contribution in [0.15, 0.2) is 29.4 Å². The van der Waals surface area contributed by atoms with Crippen LogP contribution in [0.2, 0.25) is 0 Å². The predicted octanol–water partition coefficient (Wildman–Crippen LogP) is 1.02. The molecule has 2 fully saturated rings. The van der Waals surface area contributed by atoms with Gasteiger partial charge in [-0.15, -0.1) is 11.3 Å². The standard InChI is InChI=1S/C23H25N7O4S/c31-11-14-2-1-7-29(14)22(33)18-6-5-17(35-18)15-9-19(25-13-3-4-13)30-20(26-15)12(10-24-30)8-16-21(32)28-23(34)27-16/h5-6,9-10,13-14,23,25,31,34H,1-4,7-8,11H2,(H,28,32). The van der Waals surface area contributed by atoms with Gasteiger partial charge in [-0.25, -0.2) is 9.98 Å². The maximum absolute atomic E-state index is 13.1. The fraction of sp³-hybridized carbons (Fsp3) is 0.435. The first kappa shape index (κ1) is 22.1. The van der Waals surface area contributed by atoms with Gasteiger partial charge in [0.25, 0.3) is 11.8 Å². The number of aliphatic imine (C=N–C) groups is 1. The Labute approximate surface area is 204 Å². The number of aliphatic hydroxyl groups is 2. The first-order valence-corrected chi connectivity index (χ1v) is 12.5. The molecule has 3 aromatic heterocycles. The SMILES string of the molecule is O=C1NC(O)N=C1Cc1cnn2c(NC3CC3)cc(-c3ccc(C(=O)N4CCCC4CO)s3)nc12. The van der Waals surface area contributed by atoms with E-state index in [1.807, 2.05) is 18.2 Å². The molecule has 35 heavy (non-hydrogen) atoms. The van der Waals surface area contributed by atoms with Gasteiger partial charge in [-0.2, -0.15) is 9.61 Å². The number of amides is 2. The normalized spacial score (nSPS) is 22.1. The molecule has 3 aliphatic rings. The zero-order valence-electron chi connectivity index (χ0n) is 18.8. The molecular weight excluding hydrogens is 470 g/mol. The van der Waals surface area contributed by atoms with Crippen LogP contribution in [0.5, 0.6) is 0 Å². The molecule has 0 aromatic carbocycles. The van der Waals surface area contributed by atoms with Gasteiger partial charge in [0, 0.05) is 30.6 Å². The van der Waals surface area contributed by atoms with Crippen molar-refractivity contribution in [2.24, 2.45) is 4.99 Å². The van der Waals surface area contributed by atoms with Crippen LogP contribution in [-0.2, 0) is 11.2 Å². The molecule has 4 N–H and O–H groups in total. The quantitative estimate of drug-likeness (QED) is 0.383. The highest BCUT2D eigenvalue weighted by atomic mass is 32.1. The van der Waals surface area contributed by atoms with Gasteiger partial charge in [-0.05, 0) is 37.8 Å². The van der Waals surface area contributed by atoms with Crippen molar-refractivity contribution in [2.45, 2.75) is 50.5 Å². The van der Waals surface area contributed by atoms with Crippen molar-refractivity contribution in [1.29, 1.82) is 0 Å². The van der Waals surface area contributed by atoms with Gasteiger partial charge in [0.1, 0.15) is 11.5 Å². The summed E-state index contributed by atoms with van der Waals surface area (Å²) >= 11 is 1.37. The molecule has 1 saturated carbocycles. The highest BCUT2D eigenvalue weighted by Crippen LogP contribution is 2.33. The minimum Gasteiger partial charge on any atom is -0.394 e. The van der Waals surface area contributed by atoms with Gasteiger partial charge >= 0.3 is 0 Å². The van der Waals surface area contributed by atoms with Crippen LogP contribution in [0.4, 0.5) is 5.82 Å². The van der Waals surface area contributed by atoms with E-state index in [4.69, 9.17) is 4.98 Å². The number of aliphatic hydroxyl groups excluding tert-OH is 2. The van der Waals surface area contributed by atoms with E-state index in [9.17, 15) is 19.8 Å². The Balaban J connectivity index is 1.35. The van der Waals surface area contributed by atoms with Crippen LogP contribution in [0, 0.1) is 0 Å². The van der Waals surface area contributed by atoms with E-state index in [1.165, 1.54) is 11.3 Å². The molecule has 0 radical (unpaired) electrons. The Morgan fingerprint density at radius 2 is 2.14 bits per heavy atom.